The van der Waals surface area contributed by atoms with E-state index in [-0.39, 0.29) is 11.9 Å². The van der Waals surface area contributed by atoms with Crippen molar-refractivity contribution in [2.75, 3.05) is 0 Å². The number of nitrogens with two attached hydrogens (primary N) is 1. The molecule has 1 unspecified atom stereocenters. The molecule has 0 aliphatic rings. The number of amides is 1. The minimum Gasteiger partial charge on any atom is -0.456 e. The molecule has 1 amide bonds. The lowest BCUT2D eigenvalue weighted by Crippen LogP contribution is -2.35. The molecule has 1 aromatic heterocycles. The summed E-state index contributed by atoms with van der Waals surface area (Å²) in [5.41, 5.74) is 5.37. The van der Waals surface area contributed by atoms with Gasteiger partial charge in [0.05, 0.1) is 4.99 Å². The van der Waals surface area contributed by atoms with Crippen LogP contribution < -0.4 is 11.1 Å². The summed E-state index contributed by atoms with van der Waals surface area (Å²) in [6.07, 6.45) is 0.487. The Kier molecular flexibility index (Phi) is 3.85. The average Bonchev–Trinajstić information content (AvgIpc) is 2.49. The molecule has 0 aliphatic carbocycles. The SMILES string of the molecule is Cc1ccc(C(=O)NC(C)CC(N)=S)o1. The van der Waals surface area contributed by atoms with E-state index in [0.29, 0.717) is 22.9 Å². The molecule has 1 heterocycles. The summed E-state index contributed by atoms with van der Waals surface area (Å²) in [5.74, 6) is 0.774. The minimum absolute atomic E-state index is 0.0830. The summed E-state index contributed by atoms with van der Waals surface area (Å²) in [6, 6.07) is 3.30. The molecule has 15 heavy (non-hydrogen) atoms. The molecule has 0 aliphatic heterocycles. The van der Waals surface area contributed by atoms with Crippen molar-refractivity contribution in [1.29, 1.82) is 0 Å². The molecular formula is C10H14N2O2S. The number of furan rings is 1. The van der Waals surface area contributed by atoms with Gasteiger partial charge >= 0.3 is 0 Å². The third-order valence-electron chi connectivity index (χ3n) is 1.85. The lowest BCUT2D eigenvalue weighted by atomic mass is 10.2. The van der Waals surface area contributed by atoms with E-state index in [1.54, 1.807) is 19.1 Å². The minimum atomic E-state index is -0.244. The molecular weight excluding hydrogens is 212 g/mol. The average molecular weight is 226 g/mol. The molecule has 1 atom stereocenters. The van der Waals surface area contributed by atoms with Gasteiger partial charge in [-0.15, -0.1) is 0 Å². The molecule has 1 aromatic rings. The van der Waals surface area contributed by atoms with Gasteiger partial charge in [-0.3, -0.25) is 4.79 Å². The van der Waals surface area contributed by atoms with Crippen molar-refractivity contribution in [2.45, 2.75) is 26.3 Å². The van der Waals surface area contributed by atoms with Crippen LogP contribution in [0, 0.1) is 6.92 Å². The van der Waals surface area contributed by atoms with Crippen molar-refractivity contribution in [3.05, 3.63) is 23.7 Å². The molecule has 0 radical (unpaired) electrons. The number of carbonyl (C=O) groups excluding carboxylic acids is 1. The summed E-state index contributed by atoms with van der Waals surface area (Å²) < 4.78 is 5.18. The maximum absolute atomic E-state index is 11.6. The van der Waals surface area contributed by atoms with Gasteiger partial charge in [-0.05, 0) is 26.0 Å². The van der Waals surface area contributed by atoms with Gasteiger partial charge in [-0.25, -0.2) is 0 Å². The van der Waals surface area contributed by atoms with E-state index in [4.69, 9.17) is 22.4 Å². The standard InChI is InChI=1S/C10H14N2O2S/c1-6(5-9(11)15)12-10(13)8-4-3-7(2)14-8/h3-4,6H,5H2,1-2H3,(H2,11,15)(H,12,13). The van der Waals surface area contributed by atoms with E-state index >= 15 is 0 Å². The van der Waals surface area contributed by atoms with Crippen LogP contribution in [0.15, 0.2) is 16.5 Å². The Bertz CT molecular complexity index is 373. The van der Waals surface area contributed by atoms with Crippen molar-refractivity contribution in [2.24, 2.45) is 5.73 Å². The molecule has 0 fully saturated rings. The predicted molar refractivity (Wildman–Crippen MR) is 61.8 cm³/mol. The Morgan fingerprint density at radius 3 is 2.80 bits per heavy atom. The van der Waals surface area contributed by atoms with Crippen LogP contribution in [0.2, 0.25) is 0 Å². The summed E-state index contributed by atoms with van der Waals surface area (Å²) in [6.45, 7) is 3.63. The van der Waals surface area contributed by atoms with Crippen LogP contribution in [0.25, 0.3) is 0 Å². The highest BCUT2D eigenvalue weighted by Gasteiger charge is 2.13. The second-order valence-electron chi connectivity index (χ2n) is 3.46. The van der Waals surface area contributed by atoms with Crippen LogP contribution >= 0.6 is 12.2 Å². The molecule has 0 bridgehead atoms. The summed E-state index contributed by atoms with van der Waals surface area (Å²) in [4.78, 5) is 11.9. The van der Waals surface area contributed by atoms with E-state index in [2.05, 4.69) is 5.32 Å². The van der Waals surface area contributed by atoms with E-state index in [9.17, 15) is 4.79 Å². The van der Waals surface area contributed by atoms with Crippen molar-refractivity contribution in [3.8, 4) is 0 Å². The van der Waals surface area contributed by atoms with Gasteiger partial charge in [0.2, 0.25) is 0 Å². The van der Waals surface area contributed by atoms with Gasteiger partial charge in [-0.2, -0.15) is 0 Å². The van der Waals surface area contributed by atoms with Gasteiger partial charge in [0.15, 0.2) is 5.76 Å². The zero-order valence-corrected chi connectivity index (χ0v) is 9.56. The normalized spacial score (nSPS) is 12.1. The van der Waals surface area contributed by atoms with Crippen molar-refractivity contribution >= 4 is 23.1 Å². The Balaban J connectivity index is 2.52. The van der Waals surface area contributed by atoms with Gasteiger partial charge < -0.3 is 15.5 Å². The largest absolute Gasteiger partial charge is 0.456 e. The number of thiocarbonyl (C=S) groups is 1. The fraction of sp³-hybridized carbons (Fsp3) is 0.400. The Labute approximate surface area is 93.8 Å². The van der Waals surface area contributed by atoms with Crippen LogP contribution in [0.5, 0.6) is 0 Å². The first kappa shape index (κ1) is 11.7. The van der Waals surface area contributed by atoms with Crippen LogP contribution in [-0.4, -0.2) is 16.9 Å². The first-order chi connectivity index (χ1) is 6.99. The molecule has 0 spiro atoms. The van der Waals surface area contributed by atoms with E-state index in [0.717, 1.165) is 0 Å². The van der Waals surface area contributed by atoms with Crippen LogP contribution in [0.3, 0.4) is 0 Å². The van der Waals surface area contributed by atoms with E-state index in [1.165, 1.54) is 0 Å². The van der Waals surface area contributed by atoms with Crippen LogP contribution in [0.4, 0.5) is 0 Å². The molecule has 3 N–H and O–H groups in total. The van der Waals surface area contributed by atoms with Crippen LogP contribution in [0.1, 0.15) is 29.7 Å². The molecule has 82 valence electrons. The highest BCUT2D eigenvalue weighted by molar-refractivity contribution is 7.80. The zero-order valence-electron chi connectivity index (χ0n) is 8.74. The Morgan fingerprint density at radius 2 is 2.33 bits per heavy atom. The van der Waals surface area contributed by atoms with E-state index < -0.39 is 0 Å². The lowest BCUT2D eigenvalue weighted by molar-refractivity contribution is 0.0912. The van der Waals surface area contributed by atoms with Gasteiger partial charge in [0.1, 0.15) is 5.76 Å². The quantitative estimate of drug-likeness (QED) is 0.761. The second-order valence-corrected chi connectivity index (χ2v) is 3.98. The number of nitrogens with one attached hydrogen (secondary N) is 1. The smallest absolute Gasteiger partial charge is 0.287 e. The molecule has 4 nitrogen and oxygen atoms in total. The molecule has 0 saturated carbocycles. The number of carbonyl (C=O) groups is 1. The molecule has 5 heteroatoms. The monoisotopic (exact) mass is 226 g/mol. The van der Waals surface area contributed by atoms with Crippen molar-refractivity contribution < 1.29 is 9.21 Å². The summed E-state index contributed by atoms with van der Waals surface area (Å²) in [7, 11) is 0. The number of aryl methyl sites for hydroxylation is 1. The van der Waals surface area contributed by atoms with Crippen molar-refractivity contribution in [1.82, 2.24) is 5.32 Å². The molecule has 0 aromatic carbocycles. The predicted octanol–water partition coefficient (Wildman–Crippen LogP) is 1.38. The fourth-order valence-corrected chi connectivity index (χ4v) is 1.45. The number of rotatable bonds is 4. The Morgan fingerprint density at radius 1 is 1.67 bits per heavy atom. The highest BCUT2D eigenvalue weighted by Crippen LogP contribution is 2.06. The van der Waals surface area contributed by atoms with Crippen molar-refractivity contribution in [3.63, 3.8) is 0 Å². The van der Waals surface area contributed by atoms with Gasteiger partial charge in [0, 0.05) is 12.5 Å². The van der Waals surface area contributed by atoms with Crippen LogP contribution in [-0.2, 0) is 0 Å². The van der Waals surface area contributed by atoms with Gasteiger partial charge in [0.25, 0.3) is 5.91 Å². The topological polar surface area (TPSA) is 68.3 Å². The summed E-state index contributed by atoms with van der Waals surface area (Å²) >= 11 is 4.75. The number of hydrogen-bond acceptors (Lipinski definition) is 3. The zero-order chi connectivity index (χ0) is 11.4. The first-order valence-corrected chi connectivity index (χ1v) is 5.05. The fourth-order valence-electron chi connectivity index (χ4n) is 1.20. The lowest BCUT2D eigenvalue weighted by Gasteiger charge is -2.11. The molecule has 0 saturated heterocycles. The highest BCUT2D eigenvalue weighted by atomic mass is 32.1. The third kappa shape index (κ3) is 3.71. The maximum atomic E-state index is 11.6. The van der Waals surface area contributed by atoms with Gasteiger partial charge in [-0.1, -0.05) is 12.2 Å². The third-order valence-corrected chi connectivity index (χ3v) is 2.02. The maximum Gasteiger partial charge on any atom is 0.287 e. The Hall–Kier alpha value is -1.36. The first-order valence-electron chi connectivity index (χ1n) is 4.64. The number of hydrogen-bond donors (Lipinski definition) is 2. The van der Waals surface area contributed by atoms with E-state index in [1.807, 2.05) is 6.92 Å². The summed E-state index contributed by atoms with van der Waals surface area (Å²) in [5, 5.41) is 2.74. The molecule has 1 rings (SSSR count). The second kappa shape index (κ2) is 4.93.